The van der Waals surface area contributed by atoms with Crippen LogP contribution in [-0.4, -0.2) is 36.9 Å². The molecule has 0 aromatic heterocycles. The Hall–Kier alpha value is -0.610. The van der Waals surface area contributed by atoms with E-state index in [2.05, 4.69) is 5.32 Å². The number of nitrogens with one attached hydrogen (secondary N) is 1. The van der Waals surface area contributed by atoms with Gasteiger partial charge in [-0.25, -0.2) is 0 Å². The summed E-state index contributed by atoms with van der Waals surface area (Å²) >= 11 is 0. The Bertz CT molecular complexity index is 125. The number of ether oxygens (including phenoxy) is 1. The molecule has 4 nitrogen and oxygen atoms in total. The van der Waals surface area contributed by atoms with E-state index in [-0.39, 0.29) is 12.0 Å². The predicted molar refractivity (Wildman–Crippen MR) is 45.8 cm³/mol. The van der Waals surface area contributed by atoms with Crippen LogP contribution >= 0.6 is 0 Å². The van der Waals surface area contributed by atoms with Gasteiger partial charge in [0.05, 0.1) is 6.10 Å². The number of carbonyl (C=O) groups is 1. The van der Waals surface area contributed by atoms with Crippen molar-refractivity contribution < 1.29 is 14.6 Å². The molecule has 0 heterocycles. The Kier molecular flexibility index (Phi) is 6.70. The second-order valence-electron chi connectivity index (χ2n) is 2.78. The topological polar surface area (TPSA) is 58.6 Å². The standard InChI is InChI=1S/C8H17NO3/c1-7(2)12-5-3-4-9-8(11)6-10/h7,10H,3-6H2,1-2H3,(H,9,11). The van der Waals surface area contributed by atoms with Gasteiger partial charge in [-0.15, -0.1) is 0 Å². The molecule has 0 fully saturated rings. The largest absolute Gasteiger partial charge is 0.387 e. The molecule has 0 aromatic carbocycles. The third kappa shape index (κ3) is 7.50. The van der Waals surface area contributed by atoms with E-state index in [1.54, 1.807) is 0 Å². The van der Waals surface area contributed by atoms with Crippen LogP contribution in [0.1, 0.15) is 20.3 Å². The lowest BCUT2D eigenvalue weighted by Gasteiger charge is -2.07. The lowest BCUT2D eigenvalue weighted by atomic mass is 10.4. The van der Waals surface area contributed by atoms with E-state index < -0.39 is 6.61 Å². The Morgan fingerprint density at radius 1 is 1.58 bits per heavy atom. The van der Waals surface area contributed by atoms with E-state index in [9.17, 15) is 4.79 Å². The monoisotopic (exact) mass is 175 g/mol. The number of aliphatic hydroxyl groups is 1. The summed E-state index contributed by atoms with van der Waals surface area (Å²) in [6.45, 7) is 4.69. The predicted octanol–water partition coefficient (Wildman–Crippen LogP) is -0.0900. The van der Waals surface area contributed by atoms with Crippen molar-refractivity contribution in [2.75, 3.05) is 19.8 Å². The summed E-state index contributed by atoms with van der Waals surface area (Å²) in [5.74, 6) is -0.334. The van der Waals surface area contributed by atoms with Crippen LogP contribution in [0.2, 0.25) is 0 Å². The van der Waals surface area contributed by atoms with Gasteiger partial charge in [-0.2, -0.15) is 0 Å². The first kappa shape index (κ1) is 11.4. The van der Waals surface area contributed by atoms with Gasteiger partial charge in [0.25, 0.3) is 0 Å². The zero-order chi connectivity index (χ0) is 9.40. The zero-order valence-corrected chi connectivity index (χ0v) is 7.67. The molecule has 0 saturated carbocycles. The van der Waals surface area contributed by atoms with Crippen molar-refractivity contribution in [2.24, 2.45) is 0 Å². The van der Waals surface area contributed by atoms with Crippen molar-refractivity contribution in [3.8, 4) is 0 Å². The van der Waals surface area contributed by atoms with Crippen LogP contribution in [-0.2, 0) is 9.53 Å². The Labute approximate surface area is 72.9 Å². The second-order valence-corrected chi connectivity index (χ2v) is 2.78. The summed E-state index contributed by atoms with van der Waals surface area (Å²) in [5, 5.41) is 10.9. The number of amides is 1. The first-order valence-corrected chi connectivity index (χ1v) is 4.16. The first-order chi connectivity index (χ1) is 5.66. The van der Waals surface area contributed by atoms with Crippen LogP contribution in [0.15, 0.2) is 0 Å². The van der Waals surface area contributed by atoms with Gasteiger partial charge in [0.1, 0.15) is 6.61 Å². The van der Waals surface area contributed by atoms with E-state index in [0.29, 0.717) is 13.2 Å². The third-order valence-corrected chi connectivity index (χ3v) is 1.24. The summed E-state index contributed by atoms with van der Waals surface area (Å²) < 4.78 is 5.24. The maximum Gasteiger partial charge on any atom is 0.245 e. The Balaban J connectivity index is 3.05. The maximum atomic E-state index is 10.5. The molecule has 0 bridgehead atoms. The number of aliphatic hydroxyl groups excluding tert-OH is 1. The van der Waals surface area contributed by atoms with Crippen LogP contribution in [0.5, 0.6) is 0 Å². The van der Waals surface area contributed by atoms with Crippen molar-refractivity contribution in [1.82, 2.24) is 5.32 Å². The highest BCUT2D eigenvalue weighted by atomic mass is 16.5. The van der Waals surface area contributed by atoms with Gasteiger partial charge in [-0.05, 0) is 20.3 Å². The molecule has 0 unspecified atom stereocenters. The van der Waals surface area contributed by atoms with Crippen LogP contribution in [0.4, 0.5) is 0 Å². The highest BCUT2D eigenvalue weighted by molar-refractivity contribution is 5.76. The van der Waals surface area contributed by atoms with Crippen molar-refractivity contribution in [2.45, 2.75) is 26.4 Å². The molecule has 0 spiro atoms. The number of carbonyl (C=O) groups excluding carboxylic acids is 1. The minimum absolute atomic E-state index is 0.235. The third-order valence-electron chi connectivity index (χ3n) is 1.24. The molecule has 12 heavy (non-hydrogen) atoms. The Morgan fingerprint density at radius 2 is 2.25 bits per heavy atom. The van der Waals surface area contributed by atoms with E-state index in [0.717, 1.165) is 6.42 Å². The first-order valence-electron chi connectivity index (χ1n) is 4.16. The van der Waals surface area contributed by atoms with Gasteiger partial charge in [0.15, 0.2) is 0 Å². The number of hydrogen-bond acceptors (Lipinski definition) is 3. The van der Waals surface area contributed by atoms with Crippen molar-refractivity contribution in [1.29, 1.82) is 0 Å². The molecule has 0 aromatic rings. The Morgan fingerprint density at radius 3 is 2.75 bits per heavy atom. The number of hydrogen-bond donors (Lipinski definition) is 2. The molecule has 72 valence electrons. The van der Waals surface area contributed by atoms with Crippen LogP contribution < -0.4 is 5.32 Å². The van der Waals surface area contributed by atoms with E-state index in [1.165, 1.54) is 0 Å². The summed E-state index contributed by atoms with van der Waals surface area (Å²) in [5.41, 5.74) is 0. The molecule has 0 radical (unpaired) electrons. The molecular weight excluding hydrogens is 158 g/mol. The fourth-order valence-corrected chi connectivity index (χ4v) is 0.675. The average Bonchev–Trinajstić information content (AvgIpc) is 2.03. The van der Waals surface area contributed by atoms with Gasteiger partial charge >= 0.3 is 0 Å². The molecule has 0 aliphatic rings. The van der Waals surface area contributed by atoms with Crippen molar-refractivity contribution in [3.05, 3.63) is 0 Å². The smallest absolute Gasteiger partial charge is 0.245 e. The van der Waals surface area contributed by atoms with Gasteiger partial charge in [0.2, 0.25) is 5.91 Å². The fourth-order valence-electron chi connectivity index (χ4n) is 0.675. The van der Waals surface area contributed by atoms with Gasteiger partial charge in [0, 0.05) is 13.2 Å². The molecule has 0 atom stereocenters. The molecule has 4 heteroatoms. The zero-order valence-electron chi connectivity index (χ0n) is 7.67. The molecular formula is C8H17NO3. The van der Waals surface area contributed by atoms with Crippen molar-refractivity contribution in [3.63, 3.8) is 0 Å². The molecule has 0 saturated heterocycles. The molecule has 0 aliphatic heterocycles. The van der Waals surface area contributed by atoms with Crippen LogP contribution in [0, 0.1) is 0 Å². The normalized spacial score (nSPS) is 10.3. The maximum absolute atomic E-state index is 10.5. The van der Waals surface area contributed by atoms with E-state index in [4.69, 9.17) is 9.84 Å². The van der Waals surface area contributed by atoms with Crippen LogP contribution in [0.3, 0.4) is 0 Å². The second kappa shape index (κ2) is 7.06. The molecule has 0 aliphatic carbocycles. The highest BCUT2D eigenvalue weighted by Gasteiger charge is 1.96. The molecule has 0 rings (SSSR count). The quantitative estimate of drug-likeness (QED) is 0.555. The van der Waals surface area contributed by atoms with Crippen molar-refractivity contribution >= 4 is 5.91 Å². The fraction of sp³-hybridized carbons (Fsp3) is 0.875. The summed E-state index contributed by atoms with van der Waals surface area (Å²) in [6.07, 6.45) is 1.02. The average molecular weight is 175 g/mol. The lowest BCUT2D eigenvalue weighted by Crippen LogP contribution is -2.27. The molecule has 1 amide bonds. The lowest BCUT2D eigenvalue weighted by molar-refractivity contribution is -0.123. The van der Waals surface area contributed by atoms with Gasteiger partial charge in [-0.1, -0.05) is 0 Å². The molecule has 2 N–H and O–H groups in total. The highest BCUT2D eigenvalue weighted by Crippen LogP contribution is 1.88. The minimum Gasteiger partial charge on any atom is -0.387 e. The summed E-state index contributed by atoms with van der Waals surface area (Å²) in [6, 6.07) is 0. The van der Waals surface area contributed by atoms with Gasteiger partial charge in [-0.3, -0.25) is 4.79 Å². The van der Waals surface area contributed by atoms with E-state index >= 15 is 0 Å². The van der Waals surface area contributed by atoms with Crippen LogP contribution in [0.25, 0.3) is 0 Å². The minimum atomic E-state index is -0.439. The summed E-state index contributed by atoms with van der Waals surface area (Å²) in [7, 11) is 0. The van der Waals surface area contributed by atoms with E-state index in [1.807, 2.05) is 13.8 Å². The SMILES string of the molecule is CC(C)OCCCNC(=O)CO. The number of rotatable bonds is 6. The van der Waals surface area contributed by atoms with Gasteiger partial charge < -0.3 is 15.2 Å². The summed E-state index contributed by atoms with van der Waals surface area (Å²) in [4.78, 5) is 10.5.